The summed E-state index contributed by atoms with van der Waals surface area (Å²) in [6.07, 6.45) is 2.00. The van der Waals surface area contributed by atoms with E-state index in [4.69, 9.17) is 4.74 Å². The van der Waals surface area contributed by atoms with Crippen LogP contribution in [0.3, 0.4) is 0 Å². The summed E-state index contributed by atoms with van der Waals surface area (Å²) in [6.45, 7) is 7.86. The highest BCUT2D eigenvalue weighted by Gasteiger charge is 2.17. The molecule has 0 amide bonds. The van der Waals surface area contributed by atoms with Gasteiger partial charge in [0, 0.05) is 12.6 Å². The maximum Gasteiger partial charge on any atom is 0.123 e. The summed E-state index contributed by atoms with van der Waals surface area (Å²) in [5, 5.41) is 3.47. The second-order valence-corrected chi connectivity index (χ2v) is 4.56. The van der Waals surface area contributed by atoms with Gasteiger partial charge in [0.25, 0.3) is 0 Å². The first-order chi connectivity index (χ1) is 8.67. The van der Waals surface area contributed by atoms with Crippen molar-refractivity contribution in [3.63, 3.8) is 0 Å². The van der Waals surface area contributed by atoms with Gasteiger partial charge in [0.05, 0.1) is 6.10 Å². The summed E-state index contributed by atoms with van der Waals surface area (Å²) in [6, 6.07) is 7.02. The van der Waals surface area contributed by atoms with E-state index in [9.17, 15) is 4.39 Å². The molecule has 0 aliphatic carbocycles. The lowest BCUT2D eigenvalue weighted by atomic mass is 10.0. The normalized spacial score (nSPS) is 14.4. The smallest absolute Gasteiger partial charge is 0.123 e. The molecule has 2 atom stereocenters. The van der Waals surface area contributed by atoms with E-state index in [1.165, 1.54) is 6.07 Å². The number of hydrogen-bond acceptors (Lipinski definition) is 2. The van der Waals surface area contributed by atoms with E-state index in [1.807, 2.05) is 13.0 Å². The van der Waals surface area contributed by atoms with Gasteiger partial charge in [0.1, 0.15) is 5.82 Å². The molecule has 0 saturated heterocycles. The summed E-state index contributed by atoms with van der Waals surface area (Å²) in [5.41, 5.74) is 1.01. The molecule has 0 aliphatic rings. The quantitative estimate of drug-likeness (QED) is 0.768. The van der Waals surface area contributed by atoms with Crippen molar-refractivity contribution in [2.24, 2.45) is 0 Å². The molecule has 102 valence electrons. The predicted octanol–water partition coefficient (Wildman–Crippen LogP) is 3.16. The van der Waals surface area contributed by atoms with E-state index in [0.29, 0.717) is 6.61 Å². The second-order valence-electron chi connectivity index (χ2n) is 4.56. The Kier molecular flexibility index (Phi) is 6.91. The zero-order chi connectivity index (χ0) is 13.4. The third kappa shape index (κ3) is 5.15. The van der Waals surface area contributed by atoms with Gasteiger partial charge in [-0.15, -0.1) is 0 Å². The average molecular weight is 253 g/mol. The largest absolute Gasteiger partial charge is 0.377 e. The Hall–Kier alpha value is -0.930. The lowest BCUT2D eigenvalue weighted by Gasteiger charge is -2.25. The predicted molar refractivity (Wildman–Crippen MR) is 73.3 cm³/mol. The minimum Gasteiger partial charge on any atom is -0.377 e. The zero-order valence-corrected chi connectivity index (χ0v) is 11.6. The number of nitrogens with one attached hydrogen (secondary N) is 1. The molecular formula is C15H24FNO. The zero-order valence-electron chi connectivity index (χ0n) is 11.6. The van der Waals surface area contributed by atoms with E-state index < -0.39 is 0 Å². The van der Waals surface area contributed by atoms with Crippen molar-refractivity contribution in [3.05, 3.63) is 35.6 Å². The molecule has 2 nitrogen and oxygen atoms in total. The Morgan fingerprint density at radius 2 is 2.11 bits per heavy atom. The fourth-order valence-electron chi connectivity index (χ4n) is 2.03. The van der Waals surface area contributed by atoms with Crippen LogP contribution in [0.25, 0.3) is 0 Å². The number of benzene rings is 1. The molecule has 0 aromatic heterocycles. The van der Waals surface area contributed by atoms with Crippen LogP contribution in [-0.4, -0.2) is 25.3 Å². The van der Waals surface area contributed by atoms with Crippen LogP contribution in [0.2, 0.25) is 0 Å². The summed E-state index contributed by atoms with van der Waals surface area (Å²) >= 11 is 0. The van der Waals surface area contributed by atoms with E-state index in [2.05, 4.69) is 19.2 Å². The standard InChI is InChI=1S/C15H24FNO/c1-4-9-17-15(12(3)18-5-2)11-13-7-6-8-14(16)10-13/h6-8,10,12,15,17H,4-5,9,11H2,1-3H3. The molecule has 1 rings (SSSR count). The lowest BCUT2D eigenvalue weighted by molar-refractivity contribution is 0.0476. The van der Waals surface area contributed by atoms with Gasteiger partial charge < -0.3 is 10.1 Å². The molecule has 0 bridgehead atoms. The molecule has 0 aliphatic heterocycles. The van der Waals surface area contributed by atoms with Gasteiger partial charge >= 0.3 is 0 Å². The highest BCUT2D eigenvalue weighted by molar-refractivity contribution is 5.17. The van der Waals surface area contributed by atoms with Crippen molar-refractivity contribution in [2.75, 3.05) is 13.2 Å². The van der Waals surface area contributed by atoms with Crippen LogP contribution in [0.1, 0.15) is 32.8 Å². The average Bonchev–Trinajstić information content (AvgIpc) is 2.34. The van der Waals surface area contributed by atoms with E-state index in [1.54, 1.807) is 12.1 Å². The number of ether oxygens (including phenoxy) is 1. The third-order valence-corrected chi connectivity index (χ3v) is 3.00. The third-order valence-electron chi connectivity index (χ3n) is 3.00. The summed E-state index contributed by atoms with van der Waals surface area (Å²) in [5.74, 6) is -0.175. The van der Waals surface area contributed by atoms with Gasteiger partial charge in [-0.2, -0.15) is 0 Å². The summed E-state index contributed by atoms with van der Waals surface area (Å²) in [7, 11) is 0. The molecule has 0 radical (unpaired) electrons. The maximum atomic E-state index is 13.2. The Morgan fingerprint density at radius 1 is 1.33 bits per heavy atom. The van der Waals surface area contributed by atoms with Crippen molar-refractivity contribution in [2.45, 2.75) is 45.8 Å². The van der Waals surface area contributed by atoms with Crippen LogP contribution in [0.15, 0.2) is 24.3 Å². The molecule has 0 spiro atoms. The van der Waals surface area contributed by atoms with Gasteiger partial charge in [-0.05, 0) is 50.9 Å². The van der Waals surface area contributed by atoms with Crippen molar-refractivity contribution in [1.82, 2.24) is 5.32 Å². The van der Waals surface area contributed by atoms with Gasteiger partial charge in [-0.3, -0.25) is 0 Å². The first-order valence-corrected chi connectivity index (χ1v) is 6.76. The summed E-state index contributed by atoms with van der Waals surface area (Å²) < 4.78 is 18.8. The van der Waals surface area contributed by atoms with Gasteiger partial charge in [-0.25, -0.2) is 4.39 Å². The number of hydrogen-bond donors (Lipinski definition) is 1. The van der Waals surface area contributed by atoms with Gasteiger partial charge in [-0.1, -0.05) is 19.1 Å². The van der Waals surface area contributed by atoms with Crippen LogP contribution in [0.4, 0.5) is 4.39 Å². The second kappa shape index (κ2) is 8.22. The molecule has 18 heavy (non-hydrogen) atoms. The topological polar surface area (TPSA) is 21.3 Å². The summed E-state index contributed by atoms with van der Waals surface area (Å²) in [4.78, 5) is 0. The maximum absolute atomic E-state index is 13.2. The van der Waals surface area contributed by atoms with E-state index in [0.717, 1.165) is 24.9 Å². The molecule has 2 unspecified atom stereocenters. The van der Waals surface area contributed by atoms with Gasteiger partial charge in [0.15, 0.2) is 0 Å². The van der Waals surface area contributed by atoms with Gasteiger partial charge in [0.2, 0.25) is 0 Å². The molecular weight excluding hydrogens is 229 g/mol. The number of halogens is 1. The van der Waals surface area contributed by atoms with E-state index >= 15 is 0 Å². The molecule has 1 aromatic carbocycles. The Balaban J connectivity index is 2.64. The number of rotatable bonds is 8. The van der Waals surface area contributed by atoms with Crippen molar-refractivity contribution >= 4 is 0 Å². The lowest BCUT2D eigenvalue weighted by Crippen LogP contribution is -2.42. The van der Waals surface area contributed by atoms with Crippen LogP contribution < -0.4 is 5.32 Å². The first-order valence-electron chi connectivity index (χ1n) is 6.76. The SMILES string of the molecule is CCCNC(Cc1cccc(F)c1)C(C)OCC. The molecule has 0 saturated carbocycles. The molecule has 1 N–H and O–H groups in total. The Morgan fingerprint density at radius 3 is 2.72 bits per heavy atom. The van der Waals surface area contributed by atoms with Crippen molar-refractivity contribution in [3.8, 4) is 0 Å². The molecule has 0 heterocycles. The monoisotopic (exact) mass is 253 g/mol. The highest BCUT2D eigenvalue weighted by Crippen LogP contribution is 2.10. The molecule has 0 fully saturated rings. The van der Waals surface area contributed by atoms with Crippen LogP contribution in [0.5, 0.6) is 0 Å². The fourth-order valence-corrected chi connectivity index (χ4v) is 2.03. The van der Waals surface area contributed by atoms with Crippen LogP contribution in [0, 0.1) is 5.82 Å². The fraction of sp³-hybridized carbons (Fsp3) is 0.600. The Labute approximate surface area is 110 Å². The van der Waals surface area contributed by atoms with Crippen LogP contribution in [-0.2, 0) is 11.2 Å². The minimum atomic E-state index is -0.175. The highest BCUT2D eigenvalue weighted by atomic mass is 19.1. The van der Waals surface area contributed by atoms with Crippen LogP contribution >= 0.6 is 0 Å². The molecule has 1 aromatic rings. The minimum absolute atomic E-state index is 0.129. The van der Waals surface area contributed by atoms with Crippen molar-refractivity contribution < 1.29 is 9.13 Å². The first kappa shape index (κ1) is 15.1. The Bertz CT molecular complexity index is 343. The van der Waals surface area contributed by atoms with Crippen molar-refractivity contribution in [1.29, 1.82) is 0 Å². The molecule has 3 heteroatoms. The van der Waals surface area contributed by atoms with E-state index in [-0.39, 0.29) is 18.0 Å².